The molecule has 0 radical (unpaired) electrons. The van der Waals surface area contributed by atoms with E-state index in [-0.39, 0.29) is 17.1 Å². The zero-order valence-corrected chi connectivity index (χ0v) is 12.9. The van der Waals surface area contributed by atoms with Crippen LogP contribution in [0.4, 0.5) is 10.1 Å². The van der Waals surface area contributed by atoms with Crippen molar-refractivity contribution in [2.45, 2.75) is 46.0 Å². The van der Waals surface area contributed by atoms with Crippen LogP contribution in [-0.4, -0.2) is 5.91 Å². The Morgan fingerprint density at radius 1 is 1.42 bits per heavy atom. The van der Waals surface area contributed by atoms with Crippen molar-refractivity contribution in [3.63, 3.8) is 0 Å². The van der Waals surface area contributed by atoms with Gasteiger partial charge in [-0.15, -0.1) is 0 Å². The van der Waals surface area contributed by atoms with Gasteiger partial charge in [-0.2, -0.15) is 0 Å². The number of aryl methyl sites for hydroxylation is 1. The summed E-state index contributed by atoms with van der Waals surface area (Å²) in [5.41, 5.74) is 1.21. The van der Waals surface area contributed by atoms with Gasteiger partial charge in [-0.1, -0.05) is 19.8 Å². The Balaban J connectivity index is 2.21. The zero-order chi connectivity index (χ0) is 14.0. The SMILES string of the molecule is CCC1(C(=O)Nc2cc(Br)c(F)cc2C)CCCC1. The van der Waals surface area contributed by atoms with Crippen molar-refractivity contribution < 1.29 is 9.18 Å². The summed E-state index contributed by atoms with van der Waals surface area (Å²) in [7, 11) is 0. The maximum Gasteiger partial charge on any atom is 0.230 e. The molecule has 0 spiro atoms. The second-order valence-electron chi connectivity index (χ2n) is 5.38. The predicted octanol–water partition coefficient (Wildman–Crippen LogP) is 4.81. The molecule has 0 aromatic heterocycles. The average molecular weight is 328 g/mol. The molecule has 1 aromatic carbocycles. The summed E-state index contributed by atoms with van der Waals surface area (Å²) in [5, 5.41) is 2.98. The topological polar surface area (TPSA) is 29.1 Å². The normalized spacial score (nSPS) is 17.5. The second kappa shape index (κ2) is 5.61. The van der Waals surface area contributed by atoms with E-state index in [1.54, 1.807) is 13.0 Å². The van der Waals surface area contributed by atoms with E-state index in [0.29, 0.717) is 10.2 Å². The summed E-state index contributed by atoms with van der Waals surface area (Å²) in [6.45, 7) is 3.87. The van der Waals surface area contributed by atoms with Crippen molar-refractivity contribution in [3.8, 4) is 0 Å². The molecule has 1 N–H and O–H groups in total. The molecule has 1 amide bonds. The van der Waals surface area contributed by atoms with Crippen LogP contribution in [0.5, 0.6) is 0 Å². The van der Waals surface area contributed by atoms with Crippen molar-refractivity contribution in [1.82, 2.24) is 0 Å². The first kappa shape index (κ1) is 14.5. The Morgan fingerprint density at radius 3 is 2.63 bits per heavy atom. The summed E-state index contributed by atoms with van der Waals surface area (Å²) < 4.78 is 13.8. The lowest BCUT2D eigenvalue weighted by molar-refractivity contribution is -0.125. The molecule has 2 rings (SSSR count). The molecule has 1 aliphatic rings. The van der Waals surface area contributed by atoms with Crippen LogP contribution in [0.3, 0.4) is 0 Å². The van der Waals surface area contributed by atoms with Crippen molar-refractivity contribution in [2.75, 3.05) is 5.32 Å². The van der Waals surface area contributed by atoms with Crippen LogP contribution in [0.15, 0.2) is 16.6 Å². The predicted molar refractivity (Wildman–Crippen MR) is 78.7 cm³/mol. The quantitative estimate of drug-likeness (QED) is 0.848. The number of anilines is 1. The maximum atomic E-state index is 13.4. The summed E-state index contributed by atoms with van der Waals surface area (Å²) in [6, 6.07) is 3.08. The van der Waals surface area contributed by atoms with Gasteiger partial charge in [-0.3, -0.25) is 4.79 Å². The number of nitrogens with one attached hydrogen (secondary N) is 1. The van der Waals surface area contributed by atoms with E-state index < -0.39 is 0 Å². The monoisotopic (exact) mass is 327 g/mol. The minimum absolute atomic E-state index is 0.0779. The smallest absolute Gasteiger partial charge is 0.230 e. The molecule has 0 heterocycles. The molecule has 0 aliphatic heterocycles. The Hall–Kier alpha value is -0.900. The van der Waals surface area contributed by atoms with Gasteiger partial charge in [-0.05, 0) is 59.8 Å². The van der Waals surface area contributed by atoms with Crippen LogP contribution in [-0.2, 0) is 4.79 Å². The van der Waals surface area contributed by atoms with Crippen LogP contribution >= 0.6 is 15.9 Å². The molecule has 1 fully saturated rings. The fourth-order valence-electron chi connectivity index (χ4n) is 2.83. The van der Waals surface area contributed by atoms with Gasteiger partial charge in [0.15, 0.2) is 0 Å². The van der Waals surface area contributed by atoms with Gasteiger partial charge in [0.25, 0.3) is 0 Å². The molecule has 0 bridgehead atoms. The van der Waals surface area contributed by atoms with Crippen LogP contribution in [0.2, 0.25) is 0 Å². The van der Waals surface area contributed by atoms with Crippen molar-refractivity contribution in [2.24, 2.45) is 5.41 Å². The Labute approximate surface area is 121 Å². The fourth-order valence-corrected chi connectivity index (χ4v) is 3.17. The fraction of sp³-hybridized carbons (Fsp3) is 0.533. The molecule has 19 heavy (non-hydrogen) atoms. The second-order valence-corrected chi connectivity index (χ2v) is 6.23. The molecular weight excluding hydrogens is 309 g/mol. The molecular formula is C15H19BrFNO. The highest BCUT2D eigenvalue weighted by Gasteiger charge is 2.39. The Morgan fingerprint density at radius 2 is 2.05 bits per heavy atom. The molecule has 0 unspecified atom stereocenters. The number of halogens is 2. The minimum atomic E-state index is -0.304. The Bertz CT molecular complexity index is 495. The number of carbonyl (C=O) groups excluding carboxylic acids is 1. The highest BCUT2D eigenvalue weighted by Crippen LogP contribution is 2.42. The standard InChI is InChI=1S/C15H19BrFNO/c1-3-15(6-4-5-7-15)14(19)18-13-9-11(16)12(17)8-10(13)2/h8-9H,3-7H2,1-2H3,(H,18,19). The van der Waals surface area contributed by atoms with Crippen molar-refractivity contribution in [1.29, 1.82) is 0 Å². The van der Waals surface area contributed by atoms with E-state index in [4.69, 9.17) is 0 Å². The molecule has 1 saturated carbocycles. The van der Waals surface area contributed by atoms with Gasteiger partial charge >= 0.3 is 0 Å². The van der Waals surface area contributed by atoms with Crippen LogP contribution in [0, 0.1) is 18.2 Å². The summed E-state index contributed by atoms with van der Waals surface area (Å²) in [5.74, 6) is -0.226. The molecule has 4 heteroatoms. The minimum Gasteiger partial charge on any atom is -0.325 e. The van der Waals surface area contributed by atoms with Gasteiger partial charge in [0.1, 0.15) is 5.82 Å². The van der Waals surface area contributed by atoms with Crippen molar-refractivity contribution in [3.05, 3.63) is 28.0 Å². The summed E-state index contributed by atoms with van der Waals surface area (Å²) in [4.78, 5) is 12.5. The zero-order valence-electron chi connectivity index (χ0n) is 11.4. The van der Waals surface area contributed by atoms with E-state index in [1.807, 2.05) is 0 Å². The summed E-state index contributed by atoms with van der Waals surface area (Å²) >= 11 is 3.16. The molecule has 0 atom stereocenters. The number of benzene rings is 1. The van der Waals surface area contributed by atoms with Gasteiger partial charge in [0, 0.05) is 11.1 Å². The van der Waals surface area contributed by atoms with Crippen LogP contribution in [0.25, 0.3) is 0 Å². The number of carbonyl (C=O) groups is 1. The number of hydrogen-bond acceptors (Lipinski definition) is 1. The maximum absolute atomic E-state index is 13.4. The number of rotatable bonds is 3. The van der Waals surface area contributed by atoms with Crippen LogP contribution in [0.1, 0.15) is 44.6 Å². The third-order valence-electron chi connectivity index (χ3n) is 4.23. The van der Waals surface area contributed by atoms with E-state index >= 15 is 0 Å². The largest absolute Gasteiger partial charge is 0.325 e. The van der Waals surface area contributed by atoms with Crippen molar-refractivity contribution >= 4 is 27.5 Å². The molecule has 1 aromatic rings. The first-order valence-electron chi connectivity index (χ1n) is 6.75. The lowest BCUT2D eigenvalue weighted by atomic mass is 9.82. The first-order valence-corrected chi connectivity index (χ1v) is 7.55. The van der Waals surface area contributed by atoms with Gasteiger partial charge in [-0.25, -0.2) is 4.39 Å². The van der Waals surface area contributed by atoms with Gasteiger partial charge < -0.3 is 5.32 Å². The van der Waals surface area contributed by atoms with E-state index in [9.17, 15) is 9.18 Å². The lowest BCUT2D eigenvalue weighted by Crippen LogP contribution is -2.33. The Kier molecular flexibility index (Phi) is 4.29. The number of amides is 1. The van der Waals surface area contributed by atoms with E-state index in [0.717, 1.165) is 37.7 Å². The number of hydrogen-bond donors (Lipinski definition) is 1. The molecule has 1 aliphatic carbocycles. The highest BCUT2D eigenvalue weighted by atomic mass is 79.9. The molecule has 104 valence electrons. The van der Waals surface area contributed by atoms with E-state index in [2.05, 4.69) is 28.2 Å². The summed E-state index contributed by atoms with van der Waals surface area (Å²) in [6.07, 6.45) is 5.01. The molecule has 2 nitrogen and oxygen atoms in total. The van der Waals surface area contributed by atoms with Crippen LogP contribution < -0.4 is 5.32 Å². The van der Waals surface area contributed by atoms with Gasteiger partial charge in [0.2, 0.25) is 5.91 Å². The first-order chi connectivity index (χ1) is 8.98. The average Bonchev–Trinajstić information content (AvgIpc) is 2.86. The lowest BCUT2D eigenvalue weighted by Gasteiger charge is -2.26. The molecule has 0 saturated heterocycles. The third kappa shape index (κ3) is 2.83. The van der Waals surface area contributed by atoms with E-state index in [1.165, 1.54) is 6.07 Å². The third-order valence-corrected chi connectivity index (χ3v) is 4.84. The highest BCUT2D eigenvalue weighted by molar-refractivity contribution is 9.10. The van der Waals surface area contributed by atoms with Gasteiger partial charge in [0.05, 0.1) is 4.47 Å².